The fourth-order valence-electron chi connectivity index (χ4n) is 3.24. The number of hydrogen-bond donors (Lipinski definition) is 2. The lowest BCUT2D eigenvalue weighted by atomic mass is 9.79. The van der Waals surface area contributed by atoms with E-state index in [1.807, 2.05) is 0 Å². The fraction of sp³-hybridized carbons (Fsp3) is 0.562. The van der Waals surface area contributed by atoms with Crippen LogP contribution < -0.4 is 16.2 Å². The molecule has 1 amide bonds. The van der Waals surface area contributed by atoms with Gasteiger partial charge in [0.15, 0.2) is 0 Å². The maximum absolute atomic E-state index is 11.7. The molecule has 1 atom stereocenters. The standard InChI is InChI=1S/C16H25N3O/c1-10-6-13-12(3)8-16(4,5)19(9-15(20)18-17)14(13)7-11(10)2/h6-7,12H,8-9,17H2,1-5H3,(H,18,20)/t12-/m1/s1. The number of hydrogen-bond acceptors (Lipinski definition) is 3. The van der Waals surface area contributed by atoms with E-state index in [0.29, 0.717) is 12.5 Å². The van der Waals surface area contributed by atoms with E-state index in [1.54, 1.807) is 0 Å². The van der Waals surface area contributed by atoms with Gasteiger partial charge in [-0.3, -0.25) is 10.2 Å². The number of benzene rings is 1. The van der Waals surface area contributed by atoms with Crippen LogP contribution in [0.1, 0.15) is 49.8 Å². The molecule has 4 nitrogen and oxygen atoms in total. The molecule has 1 aromatic carbocycles. The SMILES string of the molecule is Cc1cc2c(cc1C)N(CC(=O)NN)C(C)(C)C[C@H]2C. The summed E-state index contributed by atoms with van der Waals surface area (Å²) in [5.41, 5.74) is 7.24. The number of carbonyl (C=O) groups is 1. The second-order valence-corrected chi connectivity index (χ2v) is 6.57. The van der Waals surface area contributed by atoms with Crippen LogP contribution in [0.25, 0.3) is 0 Å². The molecule has 0 bridgehead atoms. The molecule has 1 aromatic rings. The van der Waals surface area contributed by atoms with Gasteiger partial charge >= 0.3 is 0 Å². The minimum atomic E-state index is -0.156. The molecule has 110 valence electrons. The molecule has 0 radical (unpaired) electrons. The van der Waals surface area contributed by atoms with Gasteiger partial charge in [-0.15, -0.1) is 0 Å². The Kier molecular flexibility index (Phi) is 3.78. The molecule has 4 heteroatoms. The van der Waals surface area contributed by atoms with E-state index in [2.05, 4.69) is 57.1 Å². The topological polar surface area (TPSA) is 58.4 Å². The highest BCUT2D eigenvalue weighted by Gasteiger charge is 2.37. The number of anilines is 1. The summed E-state index contributed by atoms with van der Waals surface area (Å²) in [4.78, 5) is 13.9. The maximum Gasteiger partial charge on any atom is 0.253 e. The van der Waals surface area contributed by atoms with Crippen LogP contribution in [0, 0.1) is 13.8 Å². The summed E-state index contributed by atoms with van der Waals surface area (Å²) in [5, 5.41) is 0. The molecule has 2 rings (SSSR count). The van der Waals surface area contributed by atoms with Crippen LogP contribution in [0.2, 0.25) is 0 Å². The highest BCUT2D eigenvalue weighted by atomic mass is 16.2. The Labute approximate surface area is 121 Å². The molecule has 20 heavy (non-hydrogen) atoms. The van der Waals surface area contributed by atoms with Crippen molar-refractivity contribution in [3.05, 3.63) is 28.8 Å². The van der Waals surface area contributed by atoms with Crippen LogP contribution in [0.5, 0.6) is 0 Å². The quantitative estimate of drug-likeness (QED) is 0.495. The van der Waals surface area contributed by atoms with Gasteiger partial charge in [-0.25, -0.2) is 5.84 Å². The van der Waals surface area contributed by atoms with Crippen LogP contribution in [-0.2, 0) is 4.79 Å². The molecule has 3 N–H and O–H groups in total. The number of nitrogens with one attached hydrogen (secondary N) is 1. The Morgan fingerprint density at radius 3 is 2.60 bits per heavy atom. The van der Waals surface area contributed by atoms with Crippen LogP contribution >= 0.6 is 0 Å². The third-order valence-electron chi connectivity index (χ3n) is 4.46. The molecule has 1 aliphatic rings. The Morgan fingerprint density at radius 1 is 1.40 bits per heavy atom. The molecule has 0 aromatic heterocycles. The molecule has 0 saturated heterocycles. The van der Waals surface area contributed by atoms with E-state index >= 15 is 0 Å². The summed E-state index contributed by atoms with van der Waals surface area (Å²) >= 11 is 0. The second kappa shape index (κ2) is 5.09. The van der Waals surface area contributed by atoms with Crippen LogP contribution in [0.4, 0.5) is 5.69 Å². The number of fused-ring (bicyclic) bond motifs is 1. The second-order valence-electron chi connectivity index (χ2n) is 6.57. The minimum Gasteiger partial charge on any atom is -0.357 e. The summed E-state index contributed by atoms with van der Waals surface area (Å²) < 4.78 is 0. The van der Waals surface area contributed by atoms with Crippen LogP contribution in [0.15, 0.2) is 12.1 Å². The number of rotatable bonds is 2. The van der Waals surface area contributed by atoms with E-state index in [-0.39, 0.29) is 11.4 Å². The first-order chi connectivity index (χ1) is 9.26. The van der Waals surface area contributed by atoms with E-state index in [4.69, 9.17) is 5.84 Å². The maximum atomic E-state index is 11.7. The number of hydrazine groups is 1. The average molecular weight is 275 g/mol. The first-order valence-electron chi connectivity index (χ1n) is 7.14. The number of aryl methyl sites for hydroxylation is 2. The molecule has 0 unspecified atom stereocenters. The lowest BCUT2D eigenvalue weighted by molar-refractivity contribution is -0.120. The highest BCUT2D eigenvalue weighted by Crippen LogP contribution is 2.44. The Balaban J connectivity index is 2.52. The average Bonchev–Trinajstić information content (AvgIpc) is 2.36. The van der Waals surface area contributed by atoms with Gasteiger partial charge in [0, 0.05) is 11.2 Å². The zero-order valence-electron chi connectivity index (χ0n) is 13.1. The van der Waals surface area contributed by atoms with Gasteiger partial charge in [0.05, 0.1) is 6.54 Å². The number of carbonyl (C=O) groups excluding carboxylic acids is 1. The monoisotopic (exact) mass is 275 g/mol. The van der Waals surface area contributed by atoms with Crippen molar-refractivity contribution in [1.82, 2.24) is 5.43 Å². The Bertz CT molecular complexity index is 537. The van der Waals surface area contributed by atoms with Gasteiger partial charge in [0.2, 0.25) is 0 Å². The third kappa shape index (κ3) is 2.52. The van der Waals surface area contributed by atoms with Crippen molar-refractivity contribution in [3.63, 3.8) is 0 Å². The molecule has 0 spiro atoms. The van der Waals surface area contributed by atoms with Crippen molar-refractivity contribution < 1.29 is 4.79 Å². The fourth-order valence-corrected chi connectivity index (χ4v) is 3.24. The van der Waals surface area contributed by atoms with Gasteiger partial charge in [0.1, 0.15) is 0 Å². The van der Waals surface area contributed by atoms with Crippen molar-refractivity contribution in [3.8, 4) is 0 Å². The molecule has 0 saturated carbocycles. The van der Waals surface area contributed by atoms with Crippen molar-refractivity contribution in [2.75, 3.05) is 11.4 Å². The lowest BCUT2D eigenvalue weighted by Crippen LogP contribution is -2.53. The van der Waals surface area contributed by atoms with E-state index in [0.717, 1.165) is 6.42 Å². The minimum absolute atomic E-state index is 0.0549. The first kappa shape index (κ1) is 14.9. The third-order valence-corrected chi connectivity index (χ3v) is 4.46. The van der Waals surface area contributed by atoms with Gasteiger partial charge < -0.3 is 4.90 Å². The molecule has 0 aliphatic carbocycles. The number of amides is 1. The van der Waals surface area contributed by atoms with Crippen molar-refractivity contribution in [1.29, 1.82) is 0 Å². The Hall–Kier alpha value is -1.55. The summed E-state index contributed by atoms with van der Waals surface area (Å²) in [6, 6.07) is 4.46. The molecule has 1 heterocycles. The summed E-state index contributed by atoms with van der Waals surface area (Å²) in [6.07, 6.45) is 1.03. The van der Waals surface area contributed by atoms with Gasteiger partial charge in [-0.2, -0.15) is 0 Å². The first-order valence-corrected chi connectivity index (χ1v) is 7.14. The molecule has 1 aliphatic heterocycles. The summed E-state index contributed by atoms with van der Waals surface area (Å²) in [7, 11) is 0. The van der Waals surface area contributed by atoms with E-state index < -0.39 is 0 Å². The zero-order chi connectivity index (χ0) is 15.1. The smallest absolute Gasteiger partial charge is 0.253 e. The molecule has 0 fully saturated rings. The summed E-state index contributed by atoms with van der Waals surface area (Å²) in [5.74, 6) is 5.59. The predicted octanol–water partition coefficient (Wildman–Crippen LogP) is 2.39. The van der Waals surface area contributed by atoms with Gasteiger partial charge in [-0.05, 0) is 62.8 Å². The van der Waals surface area contributed by atoms with Crippen molar-refractivity contribution in [2.24, 2.45) is 5.84 Å². The van der Waals surface area contributed by atoms with E-state index in [1.165, 1.54) is 22.4 Å². The van der Waals surface area contributed by atoms with Crippen molar-refractivity contribution in [2.45, 2.75) is 52.5 Å². The zero-order valence-corrected chi connectivity index (χ0v) is 13.1. The summed E-state index contributed by atoms with van der Waals surface area (Å²) in [6.45, 7) is 11.2. The molecular weight excluding hydrogens is 250 g/mol. The lowest BCUT2D eigenvalue weighted by Gasteiger charge is -2.47. The largest absolute Gasteiger partial charge is 0.357 e. The highest BCUT2D eigenvalue weighted by molar-refractivity contribution is 5.82. The molecular formula is C16H25N3O. The van der Waals surface area contributed by atoms with Crippen molar-refractivity contribution >= 4 is 11.6 Å². The van der Waals surface area contributed by atoms with E-state index in [9.17, 15) is 4.79 Å². The Morgan fingerprint density at radius 2 is 2.00 bits per heavy atom. The normalized spacial score (nSPS) is 20.5. The van der Waals surface area contributed by atoms with Crippen LogP contribution in [0.3, 0.4) is 0 Å². The number of nitrogens with two attached hydrogens (primary N) is 1. The van der Waals surface area contributed by atoms with Crippen LogP contribution in [-0.4, -0.2) is 18.0 Å². The van der Waals surface area contributed by atoms with Gasteiger partial charge in [0.25, 0.3) is 5.91 Å². The number of nitrogens with zero attached hydrogens (tertiary/aromatic N) is 1. The van der Waals surface area contributed by atoms with Gasteiger partial charge in [-0.1, -0.05) is 13.0 Å². The predicted molar refractivity (Wildman–Crippen MR) is 82.7 cm³/mol.